The molecule has 0 fully saturated rings. The summed E-state index contributed by atoms with van der Waals surface area (Å²) < 4.78 is 33.7. The first-order valence-corrected chi connectivity index (χ1v) is 2.39. The van der Waals surface area contributed by atoms with Gasteiger partial charge in [0.1, 0.15) is 0 Å². The van der Waals surface area contributed by atoms with Gasteiger partial charge in [-0.25, -0.2) is 0 Å². The fraction of sp³-hybridized carbons (Fsp3) is 0.600. The molecule has 0 aromatic carbocycles. The second-order valence-electron chi connectivity index (χ2n) is 1.47. The van der Waals surface area contributed by atoms with Crippen molar-refractivity contribution >= 4 is 0 Å². The van der Waals surface area contributed by atoms with Crippen molar-refractivity contribution in [3.05, 3.63) is 12.2 Å². The number of aliphatic hydroxyl groups is 1. The smallest absolute Gasteiger partial charge is 0.392 e. The van der Waals surface area contributed by atoms with Gasteiger partial charge < -0.3 is 5.11 Å². The van der Waals surface area contributed by atoms with Gasteiger partial charge in [-0.2, -0.15) is 13.2 Å². The predicted octanol–water partition coefficient (Wildman–Crippen LogP) is 1.49. The summed E-state index contributed by atoms with van der Waals surface area (Å²) in [6.45, 7) is -0.337. The van der Waals surface area contributed by atoms with Crippen molar-refractivity contribution in [1.29, 1.82) is 0 Å². The molecule has 0 unspecified atom stereocenters. The van der Waals surface area contributed by atoms with Gasteiger partial charge in [0.15, 0.2) is 0 Å². The van der Waals surface area contributed by atoms with Crippen LogP contribution in [0, 0.1) is 0 Å². The summed E-state index contributed by atoms with van der Waals surface area (Å²) in [6.07, 6.45) is -3.16. The maximum atomic E-state index is 11.2. The SMILES string of the molecule is OC/C=C/CC(F)(F)F. The minimum absolute atomic E-state index is 0.337. The molecule has 0 amide bonds. The fourth-order valence-electron chi connectivity index (χ4n) is 0.291. The molecule has 0 saturated heterocycles. The third-order valence-corrected chi connectivity index (χ3v) is 0.621. The summed E-state index contributed by atoms with van der Waals surface area (Å²) in [5.41, 5.74) is 0. The second-order valence-corrected chi connectivity index (χ2v) is 1.47. The molecule has 9 heavy (non-hydrogen) atoms. The third-order valence-electron chi connectivity index (χ3n) is 0.621. The zero-order valence-electron chi connectivity index (χ0n) is 4.65. The molecule has 0 aliphatic heterocycles. The van der Waals surface area contributed by atoms with Gasteiger partial charge >= 0.3 is 6.18 Å². The van der Waals surface area contributed by atoms with Crippen LogP contribution in [0.1, 0.15) is 6.42 Å². The van der Waals surface area contributed by atoms with Crippen molar-refractivity contribution in [2.45, 2.75) is 12.6 Å². The normalized spacial score (nSPS) is 12.9. The highest BCUT2D eigenvalue weighted by Crippen LogP contribution is 2.19. The monoisotopic (exact) mass is 140 g/mol. The molecule has 0 rings (SSSR count). The van der Waals surface area contributed by atoms with E-state index >= 15 is 0 Å². The van der Waals surface area contributed by atoms with Crippen LogP contribution in [0.3, 0.4) is 0 Å². The van der Waals surface area contributed by atoms with E-state index in [9.17, 15) is 13.2 Å². The Hall–Kier alpha value is -0.510. The molecule has 4 heteroatoms. The van der Waals surface area contributed by atoms with E-state index in [2.05, 4.69) is 0 Å². The molecule has 0 spiro atoms. The standard InChI is InChI=1S/C5H7F3O/c6-5(7,8)3-1-2-4-9/h1-2,9H,3-4H2/b2-1+. The van der Waals surface area contributed by atoms with E-state index in [0.29, 0.717) is 0 Å². The Kier molecular flexibility index (Phi) is 3.30. The van der Waals surface area contributed by atoms with Crippen molar-refractivity contribution in [2.75, 3.05) is 6.61 Å². The Morgan fingerprint density at radius 2 is 1.78 bits per heavy atom. The average molecular weight is 140 g/mol. The second kappa shape index (κ2) is 3.50. The zero-order valence-corrected chi connectivity index (χ0v) is 4.65. The number of halogens is 3. The molecule has 0 radical (unpaired) electrons. The molecule has 0 saturated carbocycles. The summed E-state index contributed by atoms with van der Waals surface area (Å²) in [7, 11) is 0. The van der Waals surface area contributed by atoms with Gasteiger partial charge in [0.25, 0.3) is 0 Å². The van der Waals surface area contributed by atoms with Gasteiger partial charge in [-0.15, -0.1) is 0 Å². The Morgan fingerprint density at radius 1 is 1.22 bits per heavy atom. The van der Waals surface area contributed by atoms with Crippen LogP contribution in [0.4, 0.5) is 13.2 Å². The summed E-state index contributed by atoms with van der Waals surface area (Å²) >= 11 is 0. The molecule has 0 aromatic heterocycles. The molecular formula is C5H7F3O. The van der Waals surface area contributed by atoms with Crippen LogP contribution in [0.2, 0.25) is 0 Å². The van der Waals surface area contributed by atoms with Crippen LogP contribution < -0.4 is 0 Å². The molecule has 0 heterocycles. The highest BCUT2D eigenvalue weighted by molar-refractivity contribution is 4.82. The van der Waals surface area contributed by atoms with E-state index < -0.39 is 12.6 Å². The average Bonchev–Trinajstić information content (AvgIpc) is 1.63. The first-order valence-electron chi connectivity index (χ1n) is 2.39. The van der Waals surface area contributed by atoms with Gasteiger partial charge in [0, 0.05) is 0 Å². The number of alkyl halides is 3. The first-order chi connectivity index (χ1) is 4.06. The van der Waals surface area contributed by atoms with Crippen LogP contribution in [-0.4, -0.2) is 17.9 Å². The van der Waals surface area contributed by atoms with Crippen LogP contribution >= 0.6 is 0 Å². The van der Waals surface area contributed by atoms with Crippen LogP contribution in [0.15, 0.2) is 12.2 Å². The summed E-state index contributed by atoms with van der Waals surface area (Å²) in [4.78, 5) is 0. The maximum absolute atomic E-state index is 11.2. The topological polar surface area (TPSA) is 20.2 Å². The number of aliphatic hydroxyl groups excluding tert-OH is 1. The lowest BCUT2D eigenvalue weighted by Gasteiger charge is -1.98. The van der Waals surface area contributed by atoms with Gasteiger partial charge in [-0.1, -0.05) is 12.2 Å². The van der Waals surface area contributed by atoms with Crippen molar-refractivity contribution < 1.29 is 18.3 Å². The molecule has 1 N–H and O–H groups in total. The lowest BCUT2D eigenvalue weighted by molar-refractivity contribution is -0.125. The summed E-state index contributed by atoms with van der Waals surface area (Å²) in [5.74, 6) is 0. The molecule has 0 bridgehead atoms. The Bertz CT molecular complexity index is 94.9. The van der Waals surface area contributed by atoms with Gasteiger partial charge in [-0.05, 0) is 0 Å². The molecular weight excluding hydrogens is 133 g/mol. The lowest BCUT2D eigenvalue weighted by atomic mass is 10.4. The van der Waals surface area contributed by atoms with E-state index in [1.165, 1.54) is 0 Å². The minimum atomic E-state index is -4.15. The molecule has 0 aliphatic rings. The van der Waals surface area contributed by atoms with Crippen molar-refractivity contribution in [2.24, 2.45) is 0 Å². The van der Waals surface area contributed by atoms with E-state index in [1.54, 1.807) is 0 Å². The van der Waals surface area contributed by atoms with E-state index in [0.717, 1.165) is 12.2 Å². The lowest BCUT2D eigenvalue weighted by Crippen LogP contribution is -2.04. The van der Waals surface area contributed by atoms with Gasteiger partial charge in [0.2, 0.25) is 0 Å². The van der Waals surface area contributed by atoms with Gasteiger partial charge in [0.05, 0.1) is 13.0 Å². The summed E-state index contributed by atoms with van der Waals surface area (Å²) in [6, 6.07) is 0. The third kappa shape index (κ3) is 7.49. The Morgan fingerprint density at radius 3 is 2.11 bits per heavy atom. The largest absolute Gasteiger partial charge is 0.392 e. The number of rotatable bonds is 2. The highest BCUT2D eigenvalue weighted by atomic mass is 19.4. The Labute approximate surface area is 50.8 Å². The van der Waals surface area contributed by atoms with E-state index in [-0.39, 0.29) is 6.61 Å². The molecule has 54 valence electrons. The van der Waals surface area contributed by atoms with E-state index in [4.69, 9.17) is 5.11 Å². The maximum Gasteiger partial charge on any atom is 0.392 e. The summed E-state index contributed by atoms with van der Waals surface area (Å²) in [5, 5.41) is 8.01. The minimum Gasteiger partial charge on any atom is -0.392 e. The number of allylic oxidation sites excluding steroid dienone is 1. The molecule has 0 aliphatic carbocycles. The Balaban J connectivity index is 3.38. The molecule has 0 atom stereocenters. The fourth-order valence-corrected chi connectivity index (χ4v) is 0.291. The quantitative estimate of drug-likeness (QED) is 0.576. The van der Waals surface area contributed by atoms with Crippen molar-refractivity contribution in [1.82, 2.24) is 0 Å². The predicted molar refractivity (Wildman–Crippen MR) is 26.9 cm³/mol. The van der Waals surface area contributed by atoms with Crippen LogP contribution in [-0.2, 0) is 0 Å². The first kappa shape index (κ1) is 8.49. The van der Waals surface area contributed by atoms with E-state index in [1.807, 2.05) is 0 Å². The van der Waals surface area contributed by atoms with Crippen molar-refractivity contribution in [3.63, 3.8) is 0 Å². The molecule has 0 aromatic rings. The zero-order chi connectivity index (χ0) is 7.33. The molecule has 1 nitrogen and oxygen atoms in total. The van der Waals surface area contributed by atoms with Gasteiger partial charge in [-0.3, -0.25) is 0 Å². The number of hydrogen-bond acceptors (Lipinski definition) is 1. The van der Waals surface area contributed by atoms with Crippen LogP contribution in [0.25, 0.3) is 0 Å². The van der Waals surface area contributed by atoms with Crippen LogP contribution in [0.5, 0.6) is 0 Å². The van der Waals surface area contributed by atoms with Crippen molar-refractivity contribution in [3.8, 4) is 0 Å². The highest BCUT2D eigenvalue weighted by Gasteiger charge is 2.24. The number of hydrogen-bond donors (Lipinski definition) is 1.